The molecule has 0 bridgehead atoms. The molecule has 2 aromatic carbocycles. The van der Waals surface area contributed by atoms with Gasteiger partial charge in [0.2, 0.25) is 0 Å². The van der Waals surface area contributed by atoms with E-state index in [9.17, 15) is 9.59 Å². The van der Waals surface area contributed by atoms with Crippen LogP contribution in [0.4, 0.5) is 0 Å². The van der Waals surface area contributed by atoms with Gasteiger partial charge in [0, 0.05) is 11.6 Å². The molecule has 9 nitrogen and oxygen atoms in total. The molecule has 0 radical (unpaired) electrons. The van der Waals surface area contributed by atoms with Crippen molar-refractivity contribution >= 4 is 11.9 Å². The van der Waals surface area contributed by atoms with Crippen LogP contribution in [0.2, 0.25) is 0 Å². The summed E-state index contributed by atoms with van der Waals surface area (Å²) < 4.78 is 21.9. The third kappa shape index (κ3) is 4.18. The topological polar surface area (TPSA) is 113 Å². The molecule has 0 aliphatic rings. The van der Waals surface area contributed by atoms with Gasteiger partial charge < -0.3 is 18.9 Å². The smallest absolute Gasteiger partial charge is 0.357 e. The number of methoxy groups -OCH3 is 3. The zero-order valence-electron chi connectivity index (χ0n) is 17.1. The summed E-state index contributed by atoms with van der Waals surface area (Å²) in [5.74, 6) is -0.817. The molecule has 0 unspecified atom stereocenters. The summed E-state index contributed by atoms with van der Waals surface area (Å²) in [6.45, 7) is -0.239. The summed E-state index contributed by atoms with van der Waals surface area (Å²) in [7, 11) is 3.90. The quantitative estimate of drug-likeness (QED) is 0.535. The molecule has 0 aliphatic heterocycles. The number of hydrogen-bond donors (Lipinski definition) is 0. The van der Waals surface area contributed by atoms with Crippen molar-refractivity contribution in [3.05, 3.63) is 59.8 Å². The highest BCUT2D eigenvalue weighted by Crippen LogP contribution is 2.37. The highest BCUT2D eigenvalue weighted by Gasteiger charge is 2.32. The molecule has 31 heavy (non-hydrogen) atoms. The van der Waals surface area contributed by atoms with Crippen molar-refractivity contribution in [2.24, 2.45) is 0 Å². The van der Waals surface area contributed by atoms with Gasteiger partial charge in [-0.05, 0) is 24.3 Å². The lowest BCUT2D eigenvalue weighted by atomic mass is 10.0. The van der Waals surface area contributed by atoms with E-state index in [-0.39, 0.29) is 29.3 Å². The maximum absolute atomic E-state index is 12.7. The minimum absolute atomic E-state index is 0.0924. The van der Waals surface area contributed by atoms with E-state index in [0.29, 0.717) is 17.0 Å². The predicted molar refractivity (Wildman–Crippen MR) is 109 cm³/mol. The van der Waals surface area contributed by atoms with Crippen molar-refractivity contribution in [2.75, 3.05) is 27.9 Å². The van der Waals surface area contributed by atoms with Crippen LogP contribution in [-0.4, -0.2) is 49.7 Å². The van der Waals surface area contributed by atoms with E-state index in [1.165, 1.54) is 26.0 Å². The van der Waals surface area contributed by atoms with Crippen LogP contribution < -0.4 is 9.47 Å². The first-order chi connectivity index (χ1) is 15.0. The van der Waals surface area contributed by atoms with Crippen molar-refractivity contribution in [1.82, 2.24) is 9.78 Å². The third-order valence-electron chi connectivity index (χ3n) is 4.39. The Morgan fingerprint density at radius 3 is 2.35 bits per heavy atom. The van der Waals surface area contributed by atoms with Crippen molar-refractivity contribution in [3.8, 4) is 34.5 Å². The third-order valence-corrected chi connectivity index (χ3v) is 4.39. The number of carbonyl (C=O) groups is 2. The van der Waals surface area contributed by atoms with E-state index >= 15 is 0 Å². The van der Waals surface area contributed by atoms with Gasteiger partial charge in [0.1, 0.15) is 28.8 Å². The molecule has 1 heterocycles. The highest BCUT2D eigenvalue weighted by atomic mass is 16.5. The lowest BCUT2D eigenvalue weighted by Crippen LogP contribution is -2.15. The van der Waals surface area contributed by atoms with E-state index in [4.69, 9.17) is 24.2 Å². The first-order valence-corrected chi connectivity index (χ1v) is 9.08. The van der Waals surface area contributed by atoms with Gasteiger partial charge in [-0.1, -0.05) is 18.2 Å². The number of rotatable bonds is 7. The highest BCUT2D eigenvalue weighted by molar-refractivity contribution is 6.07. The average Bonchev–Trinajstić information content (AvgIpc) is 3.22. The zero-order chi connectivity index (χ0) is 22.4. The predicted octanol–water partition coefficient (Wildman–Crippen LogP) is 3.02. The summed E-state index contributed by atoms with van der Waals surface area (Å²) in [5, 5.41) is 13.5. The van der Waals surface area contributed by atoms with E-state index in [0.717, 1.165) is 0 Å². The summed E-state index contributed by atoms with van der Waals surface area (Å²) in [5.41, 5.74) is 0.845. The molecule has 0 fully saturated rings. The maximum atomic E-state index is 12.7. The molecule has 0 amide bonds. The van der Waals surface area contributed by atoms with Crippen molar-refractivity contribution < 1.29 is 28.5 Å². The molecule has 0 spiro atoms. The number of ether oxygens (including phenoxy) is 4. The Balaban J connectivity index is 2.35. The fourth-order valence-corrected chi connectivity index (χ4v) is 3.00. The molecule has 3 rings (SSSR count). The maximum Gasteiger partial charge on any atom is 0.357 e. The van der Waals surface area contributed by atoms with Crippen LogP contribution in [0.1, 0.15) is 20.8 Å². The van der Waals surface area contributed by atoms with Gasteiger partial charge in [0.25, 0.3) is 0 Å². The van der Waals surface area contributed by atoms with Crippen LogP contribution in [0.3, 0.4) is 0 Å². The second-order valence-electron chi connectivity index (χ2n) is 6.11. The number of aromatic nitrogens is 2. The second kappa shape index (κ2) is 9.45. The van der Waals surface area contributed by atoms with Gasteiger partial charge in [-0.15, -0.1) is 0 Å². The van der Waals surface area contributed by atoms with Crippen LogP contribution in [0.25, 0.3) is 16.9 Å². The Hall–Kier alpha value is -4.32. The minimum Gasteiger partial charge on any atom is -0.497 e. The van der Waals surface area contributed by atoms with Gasteiger partial charge in [0.15, 0.2) is 12.3 Å². The lowest BCUT2D eigenvalue weighted by molar-refractivity contribution is 0.0549. The van der Waals surface area contributed by atoms with Gasteiger partial charge in [-0.3, -0.25) is 0 Å². The molecule has 1 aromatic heterocycles. The lowest BCUT2D eigenvalue weighted by Gasteiger charge is -2.11. The van der Waals surface area contributed by atoms with Crippen molar-refractivity contribution in [1.29, 1.82) is 5.26 Å². The number of esters is 2. The second-order valence-corrected chi connectivity index (χ2v) is 6.11. The van der Waals surface area contributed by atoms with E-state index in [2.05, 4.69) is 5.10 Å². The standard InChI is InChI=1S/C22H19N3O6/c1-28-15-9-10-16(17(13-15)31-12-11-23)19-18(21(26)29-2)20(22(27)30-3)25(24-19)14-7-5-4-6-8-14/h4-10,13H,12H2,1-3H3. The first kappa shape index (κ1) is 21.4. The Morgan fingerprint density at radius 1 is 1.03 bits per heavy atom. The summed E-state index contributed by atoms with van der Waals surface area (Å²) in [6, 6.07) is 15.5. The number of nitrogens with zero attached hydrogens (tertiary/aromatic N) is 3. The van der Waals surface area contributed by atoms with Gasteiger partial charge >= 0.3 is 11.9 Å². The van der Waals surface area contributed by atoms with Crippen LogP contribution in [-0.2, 0) is 9.47 Å². The normalized spacial score (nSPS) is 10.1. The minimum atomic E-state index is -0.778. The van der Waals surface area contributed by atoms with Crippen LogP contribution in [0, 0.1) is 11.3 Å². The van der Waals surface area contributed by atoms with Crippen LogP contribution in [0.15, 0.2) is 48.5 Å². The van der Waals surface area contributed by atoms with E-state index < -0.39 is 11.9 Å². The summed E-state index contributed by atoms with van der Waals surface area (Å²) in [4.78, 5) is 25.4. The van der Waals surface area contributed by atoms with Crippen LogP contribution >= 0.6 is 0 Å². The first-order valence-electron chi connectivity index (χ1n) is 9.08. The molecule has 0 atom stereocenters. The van der Waals surface area contributed by atoms with Crippen molar-refractivity contribution in [2.45, 2.75) is 0 Å². The average molecular weight is 421 g/mol. The molecule has 3 aromatic rings. The largest absolute Gasteiger partial charge is 0.497 e. The summed E-state index contributed by atoms with van der Waals surface area (Å²) >= 11 is 0. The zero-order valence-corrected chi connectivity index (χ0v) is 17.1. The number of nitriles is 1. The Labute approximate surface area is 178 Å². The Bertz CT molecular complexity index is 1150. The van der Waals surface area contributed by atoms with Crippen LogP contribution in [0.5, 0.6) is 11.5 Å². The van der Waals surface area contributed by atoms with Gasteiger partial charge in [0.05, 0.1) is 27.0 Å². The molecule has 0 aliphatic carbocycles. The SMILES string of the molecule is COC(=O)c1c(-c2ccc(OC)cc2OCC#N)nn(-c2ccccc2)c1C(=O)OC. The molecule has 0 N–H and O–H groups in total. The number of para-hydroxylation sites is 1. The molecule has 0 saturated heterocycles. The monoisotopic (exact) mass is 421 g/mol. The summed E-state index contributed by atoms with van der Waals surface area (Å²) in [6.07, 6.45) is 0. The van der Waals surface area contributed by atoms with Gasteiger partial charge in [-0.25, -0.2) is 14.3 Å². The fraction of sp³-hybridized carbons (Fsp3) is 0.182. The molecule has 9 heteroatoms. The molecule has 158 valence electrons. The number of hydrogen-bond acceptors (Lipinski definition) is 8. The number of benzene rings is 2. The Morgan fingerprint density at radius 2 is 1.74 bits per heavy atom. The molecule has 0 saturated carbocycles. The fourth-order valence-electron chi connectivity index (χ4n) is 3.00. The molecular formula is C22H19N3O6. The van der Waals surface area contributed by atoms with Crippen molar-refractivity contribution in [3.63, 3.8) is 0 Å². The number of carbonyl (C=O) groups excluding carboxylic acids is 2. The Kier molecular flexibility index (Phi) is 6.52. The van der Waals surface area contributed by atoms with Gasteiger partial charge in [-0.2, -0.15) is 10.4 Å². The molecular weight excluding hydrogens is 402 g/mol. The van der Waals surface area contributed by atoms with E-state index in [1.807, 2.05) is 12.1 Å². The van der Waals surface area contributed by atoms with E-state index in [1.54, 1.807) is 42.5 Å².